The van der Waals surface area contributed by atoms with Crippen LogP contribution in [0.1, 0.15) is 18.1 Å². The maximum absolute atomic E-state index is 12.3. The number of benzene rings is 3. The van der Waals surface area contributed by atoms with Crippen LogP contribution in [-0.2, 0) is 17.1 Å². The highest BCUT2D eigenvalue weighted by Crippen LogP contribution is 2.18. The molecule has 2 nitrogen and oxygen atoms in total. The number of thioether (sulfide) groups is 1. The Bertz CT molecular complexity index is 816. The second-order valence-corrected chi connectivity index (χ2v) is 7.17. The van der Waals surface area contributed by atoms with Gasteiger partial charge in [-0.25, -0.2) is 0 Å². The summed E-state index contributed by atoms with van der Waals surface area (Å²) in [6.45, 7) is 2.53. The van der Waals surface area contributed by atoms with Gasteiger partial charge in [-0.2, -0.15) is 0 Å². The van der Waals surface area contributed by atoms with E-state index in [4.69, 9.17) is 0 Å². The molecular weight excluding hydrogens is 314 g/mol. The Hall–Kier alpha value is -2.26. The smallest absolute Gasteiger partial charge is 0.233 e. The lowest BCUT2D eigenvalue weighted by Gasteiger charge is -2.12. The van der Waals surface area contributed by atoms with E-state index in [0.717, 1.165) is 11.3 Å². The zero-order valence-corrected chi connectivity index (χ0v) is 14.6. The lowest BCUT2D eigenvalue weighted by Crippen LogP contribution is -2.30. The predicted molar refractivity (Wildman–Crippen MR) is 103 cm³/mol. The summed E-state index contributed by atoms with van der Waals surface area (Å²) in [6, 6.07) is 24.8. The van der Waals surface area contributed by atoms with Crippen molar-refractivity contribution in [3.8, 4) is 0 Å². The summed E-state index contributed by atoms with van der Waals surface area (Å²) in [6.07, 6.45) is 0. The molecule has 0 bridgehead atoms. The van der Waals surface area contributed by atoms with E-state index >= 15 is 0 Å². The molecule has 0 saturated heterocycles. The summed E-state index contributed by atoms with van der Waals surface area (Å²) in [5.41, 5.74) is 2.37. The van der Waals surface area contributed by atoms with Crippen LogP contribution in [0, 0.1) is 0 Å². The molecule has 1 amide bonds. The third-order valence-corrected chi connectivity index (χ3v) is 5.21. The summed E-state index contributed by atoms with van der Waals surface area (Å²) in [5.74, 6) is 0.940. The van der Waals surface area contributed by atoms with E-state index in [1.807, 2.05) is 37.3 Å². The lowest BCUT2D eigenvalue weighted by molar-refractivity contribution is -0.120. The van der Waals surface area contributed by atoms with Gasteiger partial charge in [0.2, 0.25) is 5.91 Å². The van der Waals surface area contributed by atoms with Crippen LogP contribution in [0.15, 0.2) is 72.8 Å². The maximum Gasteiger partial charge on any atom is 0.233 e. The molecule has 0 aromatic heterocycles. The Kier molecular flexibility index (Phi) is 5.55. The molecule has 0 unspecified atom stereocenters. The van der Waals surface area contributed by atoms with Crippen molar-refractivity contribution in [2.24, 2.45) is 0 Å². The average molecular weight is 335 g/mol. The molecule has 3 aromatic rings. The molecule has 122 valence electrons. The van der Waals surface area contributed by atoms with Crippen molar-refractivity contribution in [1.82, 2.24) is 5.32 Å². The summed E-state index contributed by atoms with van der Waals surface area (Å²) in [5, 5.41) is 5.40. The van der Waals surface area contributed by atoms with Crippen LogP contribution in [0.4, 0.5) is 0 Å². The first-order valence-corrected chi connectivity index (χ1v) is 9.18. The van der Waals surface area contributed by atoms with Gasteiger partial charge in [-0.3, -0.25) is 4.79 Å². The summed E-state index contributed by atoms with van der Waals surface area (Å²) < 4.78 is 0. The van der Waals surface area contributed by atoms with E-state index in [1.54, 1.807) is 11.8 Å². The molecule has 0 saturated carbocycles. The monoisotopic (exact) mass is 335 g/mol. The number of carbonyl (C=O) groups is 1. The molecule has 24 heavy (non-hydrogen) atoms. The van der Waals surface area contributed by atoms with Crippen molar-refractivity contribution in [2.75, 3.05) is 0 Å². The van der Waals surface area contributed by atoms with E-state index in [1.165, 1.54) is 16.3 Å². The van der Waals surface area contributed by atoms with Crippen LogP contribution in [0.3, 0.4) is 0 Å². The standard InChI is InChI=1S/C21H21NOS/c1-16(24-15-17-7-3-2-4-8-17)21(23)22-14-18-11-12-19-9-5-6-10-20(19)13-18/h2-13,16H,14-15H2,1H3,(H,22,23)/t16-/m1/s1. The van der Waals surface area contributed by atoms with Crippen LogP contribution in [0.5, 0.6) is 0 Å². The number of carbonyl (C=O) groups excluding carboxylic acids is 1. The summed E-state index contributed by atoms with van der Waals surface area (Å²) in [7, 11) is 0. The largest absolute Gasteiger partial charge is 0.351 e. The van der Waals surface area contributed by atoms with Crippen molar-refractivity contribution >= 4 is 28.4 Å². The topological polar surface area (TPSA) is 29.1 Å². The molecule has 3 heteroatoms. The minimum absolute atomic E-state index is 0.0642. The second kappa shape index (κ2) is 8.02. The minimum Gasteiger partial charge on any atom is -0.351 e. The molecule has 3 rings (SSSR count). The summed E-state index contributed by atoms with van der Waals surface area (Å²) in [4.78, 5) is 12.3. The first-order chi connectivity index (χ1) is 11.7. The van der Waals surface area contributed by atoms with E-state index in [2.05, 4.69) is 47.8 Å². The van der Waals surface area contributed by atoms with Crippen LogP contribution in [-0.4, -0.2) is 11.2 Å². The Balaban J connectivity index is 1.52. The van der Waals surface area contributed by atoms with Crippen molar-refractivity contribution in [1.29, 1.82) is 0 Å². The van der Waals surface area contributed by atoms with Gasteiger partial charge in [0.25, 0.3) is 0 Å². The quantitative estimate of drug-likeness (QED) is 0.702. The first kappa shape index (κ1) is 16.6. The molecule has 3 aromatic carbocycles. The van der Waals surface area contributed by atoms with Gasteiger partial charge >= 0.3 is 0 Å². The van der Waals surface area contributed by atoms with E-state index < -0.39 is 0 Å². The number of hydrogen-bond acceptors (Lipinski definition) is 2. The normalized spacial score (nSPS) is 12.0. The van der Waals surface area contributed by atoms with Crippen LogP contribution < -0.4 is 5.32 Å². The van der Waals surface area contributed by atoms with E-state index in [0.29, 0.717) is 6.54 Å². The van der Waals surface area contributed by atoms with E-state index in [-0.39, 0.29) is 11.2 Å². The van der Waals surface area contributed by atoms with Crippen molar-refractivity contribution in [3.63, 3.8) is 0 Å². The van der Waals surface area contributed by atoms with Crippen molar-refractivity contribution < 1.29 is 4.79 Å². The van der Waals surface area contributed by atoms with Crippen LogP contribution in [0.2, 0.25) is 0 Å². The first-order valence-electron chi connectivity index (χ1n) is 8.13. The molecule has 0 aliphatic carbocycles. The number of amides is 1. The Labute approximate surface area is 147 Å². The fraction of sp³-hybridized carbons (Fsp3) is 0.190. The van der Waals surface area contributed by atoms with Gasteiger partial charge in [-0.05, 0) is 34.9 Å². The highest BCUT2D eigenvalue weighted by atomic mass is 32.2. The zero-order chi connectivity index (χ0) is 16.8. The fourth-order valence-electron chi connectivity index (χ4n) is 2.55. The Morgan fingerprint density at radius 1 is 0.917 bits per heavy atom. The molecule has 1 N–H and O–H groups in total. The SMILES string of the molecule is C[C@@H](SCc1ccccc1)C(=O)NCc1ccc2ccccc2c1. The average Bonchev–Trinajstić information content (AvgIpc) is 2.64. The molecule has 0 aliphatic rings. The molecule has 0 spiro atoms. The number of fused-ring (bicyclic) bond motifs is 1. The molecular formula is C21H21NOS. The summed E-state index contributed by atoms with van der Waals surface area (Å²) >= 11 is 1.66. The Morgan fingerprint density at radius 3 is 2.42 bits per heavy atom. The fourth-order valence-corrected chi connectivity index (χ4v) is 3.42. The highest BCUT2D eigenvalue weighted by molar-refractivity contribution is 7.99. The molecule has 0 heterocycles. The highest BCUT2D eigenvalue weighted by Gasteiger charge is 2.13. The van der Waals surface area contributed by atoms with Crippen LogP contribution >= 0.6 is 11.8 Å². The van der Waals surface area contributed by atoms with Crippen molar-refractivity contribution in [3.05, 3.63) is 83.9 Å². The lowest BCUT2D eigenvalue weighted by atomic mass is 10.1. The molecule has 1 atom stereocenters. The van der Waals surface area contributed by atoms with Crippen molar-refractivity contribution in [2.45, 2.75) is 24.5 Å². The third kappa shape index (κ3) is 4.39. The Morgan fingerprint density at radius 2 is 1.62 bits per heavy atom. The number of hydrogen-bond donors (Lipinski definition) is 1. The second-order valence-electron chi connectivity index (χ2n) is 5.84. The van der Waals surface area contributed by atoms with Gasteiger partial charge in [-0.15, -0.1) is 11.8 Å². The van der Waals surface area contributed by atoms with Gasteiger partial charge in [-0.1, -0.05) is 66.7 Å². The molecule has 0 aliphatic heterocycles. The molecule has 0 radical (unpaired) electrons. The van der Waals surface area contributed by atoms with Gasteiger partial charge < -0.3 is 5.32 Å². The van der Waals surface area contributed by atoms with Gasteiger partial charge in [0, 0.05) is 12.3 Å². The predicted octanol–water partition coefficient (Wildman–Crippen LogP) is 4.78. The molecule has 0 fully saturated rings. The third-order valence-electron chi connectivity index (χ3n) is 3.99. The van der Waals surface area contributed by atoms with Gasteiger partial charge in [0.05, 0.1) is 5.25 Å². The maximum atomic E-state index is 12.3. The van der Waals surface area contributed by atoms with Crippen LogP contribution in [0.25, 0.3) is 10.8 Å². The number of nitrogens with one attached hydrogen (secondary N) is 1. The minimum atomic E-state index is -0.0642. The van der Waals surface area contributed by atoms with Gasteiger partial charge in [0.15, 0.2) is 0 Å². The van der Waals surface area contributed by atoms with E-state index in [9.17, 15) is 4.79 Å². The zero-order valence-electron chi connectivity index (χ0n) is 13.7. The van der Waals surface area contributed by atoms with Gasteiger partial charge in [0.1, 0.15) is 0 Å². The number of rotatable bonds is 6.